The van der Waals surface area contributed by atoms with E-state index in [1.165, 1.54) is 32.3 Å². The first-order chi connectivity index (χ1) is 7.75. The summed E-state index contributed by atoms with van der Waals surface area (Å²) < 4.78 is 26.2. The van der Waals surface area contributed by atoms with E-state index in [0.717, 1.165) is 4.31 Å². The van der Waals surface area contributed by atoms with E-state index in [9.17, 15) is 13.2 Å². The largest absolute Gasteiger partial charge is 0.478 e. The van der Waals surface area contributed by atoms with Crippen molar-refractivity contribution in [3.63, 3.8) is 0 Å². The first-order valence-electron chi connectivity index (χ1n) is 4.48. The molecule has 0 aliphatic heterocycles. The van der Waals surface area contributed by atoms with Crippen LogP contribution < -0.4 is 4.72 Å². The summed E-state index contributed by atoms with van der Waals surface area (Å²) in [5.41, 5.74) is -0.349. The summed E-state index contributed by atoms with van der Waals surface area (Å²) >= 11 is 5.70. The molecule has 0 aromatic heterocycles. The minimum absolute atomic E-state index is 0.0311. The van der Waals surface area contributed by atoms with Gasteiger partial charge in [-0.3, -0.25) is 4.72 Å². The molecule has 2 N–H and O–H groups in total. The summed E-state index contributed by atoms with van der Waals surface area (Å²) in [6.07, 6.45) is 0. The van der Waals surface area contributed by atoms with Crippen LogP contribution in [0.15, 0.2) is 18.2 Å². The van der Waals surface area contributed by atoms with Crippen molar-refractivity contribution in [3.05, 3.63) is 28.8 Å². The predicted molar refractivity (Wildman–Crippen MR) is 64.6 cm³/mol. The molecule has 0 unspecified atom stereocenters. The molecule has 6 nitrogen and oxygen atoms in total. The van der Waals surface area contributed by atoms with Gasteiger partial charge in [0.25, 0.3) is 0 Å². The second kappa shape index (κ2) is 4.91. The molecule has 1 rings (SSSR count). The third-order valence-corrected chi connectivity index (χ3v) is 3.70. The zero-order chi connectivity index (χ0) is 13.2. The van der Waals surface area contributed by atoms with E-state index in [0.29, 0.717) is 0 Å². The van der Waals surface area contributed by atoms with E-state index < -0.39 is 16.2 Å². The first-order valence-corrected chi connectivity index (χ1v) is 6.29. The van der Waals surface area contributed by atoms with E-state index >= 15 is 0 Å². The van der Waals surface area contributed by atoms with Crippen molar-refractivity contribution < 1.29 is 18.3 Å². The molecular weight excluding hydrogens is 268 g/mol. The summed E-state index contributed by atoms with van der Waals surface area (Å²) in [6, 6.07) is 4.16. The van der Waals surface area contributed by atoms with Crippen LogP contribution in [0.4, 0.5) is 5.69 Å². The van der Waals surface area contributed by atoms with Crippen LogP contribution in [0, 0.1) is 0 Å². The number of halogens is 1. The Bertz CT molecular complexity index is 542. The molecule has 0 atom stereocenters. The van der Waals surface area contributed by atoms with Crippen molar-refractivity contribution in [1.82, 2.24) is 4.31 Å². The van der Waals surface area contributed by atoms with Crippen LogP contribution in [-0.2, 0) is 10.2 Å². The van der Waals surface area contributed by atoms with Crippen LogP contribution in [0.25, 0.3) is 0 Å². The molecule has 0 heterocycles. The summed E-state index contributed by atoms with van der Waals surface area (Å²) in [6.45, 7) is 0. The summed E-state index contributed by atoms with van der Waals surface area (Å²) in [4.78, 5) is 11.0. The fourth-order valence-corrected chi connectivity index (χ4v) is 1.94. The minimum Gasteiger partial charge on any atom is -0.478 e. The molecule has 0 radical (unpaired) electrons. The van der Waals surface area contributed by atoms with Gasteiger partial charge >= 0.3 is 16.2 Å². The van der Waals surface area contributed by atoms with Crippen molar-refractivity contribution in [2.75, 3.05) is 18.8 Å². The fourth-order valence-electron chi connectivity index (χ4n) is 1.06. The van der Waals surface area contributed by atoms with Crippen LogP contribution in [0.2, 0.25) is 5.02 Å². The van der Waals surface area contributed by atoms with Gasteiger partial charge in [0, 0.05) is 14.1 Å². The molecule has 0 aliphatic rings. The Kier molecular flexibility index (Phi) is 3.97. The van der Waals surface area contributed by atoms with Gasteiger partial charge in [-0.15, -0.1) is 0 Å². The summed E-state index contributed by atoms with van der Waals surface area (Å²) in [5.74, 6) is -1.30. The van der Waals surface area contributed by atoms with Gasteiger partial charge in [0.15, 0.2) is 0 Å². The highest BCUT2D eigenvalue weighted by molar-refractivity contribution is 7.90. The van der Waals surface area contributed by atoms with Gasteiger partial charge in [0.1, 0.15) is 5.56 Å². The van der Waals surface area contributed by atoms with Gasteiger partial charge in [0.2, 0.25) is 0 Å². The molecule has 1 aromatic rings. The molecule has 1 aromatic carbocycles. The maximum absolute atomic E-state index is 11.6. The Labute approximate surface area is 104 Å². The third kappa shape index (κ3) is 3.09. The predicted octanol–water partition coefficient (Wildman–Crippen LogP) is 1.26. The summed E-state index contributed by atoms with van der Waals surface area (Å²) in [7, 11) is -1.11. The van der Waals surface area contributed by atoms with Crippen molar-refractivity contribution in [2.24, 2.45) is 0 Å². The number of hydrogen-bond donors (Lipinski definition) is 2. The lowest BCUT2D eigenvalue weighted by Crippen LogP contribution is -2.29. The lowest BCUT2D eigenvalue weighted by Gasteiger charge is -2.15. The highest BCUT2D eigenvalue weighted by Crippen LogP contribution is 2.25. The number of rotatable bonds is 4. The van der Waals surface area contributed by atoms with Crippen LogP contribution in [0.1, 0.15) is 10.4 Å². The molecule has 0 saturated carbocycles. The maximum Gasteiger partial charge on any atom is 0.339 e. The van der Waals surface area contributed by atoms with Gasteiger partial charge in [-0.1, -0.05) is 17.7 Å². The molecule has 0 aliphatic carbocycles. The smallest absolute Gasteiger partial charge is 0.339 e. The normalized spacial score (nSPS) is 11.5. The van der Waals surface area contributed by atoms with E-state index in [1.807, 2.05) is 0 Å². The van der Waals surface area contributed by atoms with E-state index in [1.54, 1.807) is 0 Å². The summed E-state index contributed by atoms with van der Waals surface area (Å²) in [5, 5.41) is 8.92. The van der Waals surface area contributed by atoms with Crippen LogP contribution in [-0.4, -0.2) is 37.9 Å². The number of aromatic carboxylic acids is 1. The number of nitrogens with one attached hydrogen (secondary N) is 1. The zero-order valence-electron chi connectivity index (χ0n) is 9.14. The second-order valence-corrected chi connectivity index (χ2v) is 5.65. The van der Waals surface area contributed by atoms with Crippen LogP contribution in [0.3, 0.4) is 0 Å². The van der Waals surface area contributed by atoms with Crippen LogP contribution >= 0.6 is 11.6 Å². The lowest BCUT2D eigenvalue weighted by molar-refractivity contribution is 0.0698. The van der Waals surface area contributed by atoms with E-state index in [-0.39, 0.29) is 16.3 Å². The van der Waals surface area contributed by atoms with E-state index in [2.05, 4.69) is 4.72 Å². The number of anilines is 1. The average molecular weight is 279 g/mol. The van der Waals surface area contributed by atoms with Crippen molar-refractivity contribution in [1.29, 1.82) is 0 Å². The Morgan fingerprint density at radius 1 is 1.41 bits per heavy atom. The van der Waals surface area contributed by atoms with Crippen LogP contribution in [0.5, 0.6) is 0 Å². The first kappa shape index (κ1) is 13.8. The van der Waals surface area contributed by atoms with Crippen molar-refractivity contribution in [3.8, 4) is 0 Å². The SMILES string of the molecule is CN(C)S(=O)(=O)Nc1cccc(Cl)c1C(=O)O. The Balaban J connectivity index is 3.25. The second-order valence-electron chi connectivity index (χ2n) is 3.36. The average Bonchev–Trinajstić information content (AvgIpc) is 2.15. The highest BCUT2D eigenvalue weighted by Gasteiger charge is 2.20. The Morgan fingerprint density at radius 2 is 2.00 bits per heavy atom. The number of carboxylic acids is 1. The molecule has 0 spiro atoms. The molecule has 94 valence electrons. The molecule has 0 bridgehead atoms. The monoisotopic (exact) mass is 278 g/mol. The van der Waals surface area contributed by atoms with Gasteiger partial charge in [-0.05, 0) is 12.1 Å². The van der Waals surface area contributed by atoms with Crippen molar-refractivity contribution >= 4 is 33.5 Å². The molecule has 0 saturated heterocycles. The van der Waals surface area contributed by atoms with Gasteiger partial charge in [0.05, 0.1) is 10.7 Å². The third-order valence-electron chi connectivity index (χ3n) is 1.95. The number of nitrogens with zero attached hydrogens (tertiary/aromatic N) is 1. The molecule has 0 fully saturated rings. The quantitative estimate of drug-likeness (QED) is 0.868. The zero-order valence-corrected chi connectivity index (χ0v) is 10.7. The number of benzene rings is 1. The molecule has 0 amide bonds. The van der Waals surface area contributed by atoms with Gasteiger partial charge in [-0.2, -0.15) is 12.7 Å². The van der Waals surface area contributed by atoms with E-state index in [4.69, 9.17) is 16.7 Å². The maximum atomic E-state index is 11.6. The molecule has 17 heavy (non-hydrogen) atoms. The number of hydrogen-bond acceptors (Lipinski definition) is 3. The Morgan fingerprint density at radius 3 is 2.47 bits per heavy atom. The van der Waals surface area contributed by atoms with Gasteiger partial charge in [-0.25, -0.2) is 4.79 Å². The molecule has 8 heteroatoms. The van der Waals surface area contributed by atoms with Crippen molar-refractivity contribution in [2.45, 2.75) is 0 Å². The topological polar surface area (TPSA) is 86.7 Å². The fraction of sp³-hybridized carbons (Fsp3) is 0.222. The van der Waals surface area contributed by atoms with Gasteiger partial charge < -0.3 is 5.11 Å². The number of carbonyl (C=O) groups is 1. The Hall–Kier alpha value is -1.31. The molecular formula is C9H11ClN2O4S. The highest BCUT2D eigenvalue weighted by atomic mass is 35.5. The number of carboxylic acid groups (broad SMARTS) is 1. The standard InChI is InChI=1S/C9H11ClN2O4S/c1-12(2)17(15,16)11-7-5-3-4-6(10)8(7)9(13)14/h3-5,11H,1-2H3,(H,13,14). The minimum atomic E-state index is -3.76. The lowest BCUT2D eigenvalue weighted by atomic mass is 10.2.